The van der Waals surface area contributed by atoms with Crippen LogP contribution in [-0.2, 0) is 14.3 Å². The van der Waals surface area contributed by atoms with Gasteiger partial charge in [-0.1, -0.05) is 36.4 Å². The number of hydrogen-bond donors (Lipinski definition) is 0. The van der Waals surface area contributed by atoms with Crippen molar-refractivity contribution in [1.82, 2.24) is 4.90 Å². The second kappa shape index (κ2) is 7.18. The molecule has 3 rings (SSSR count). The van der Waals surface area contributed by atoms with Crippen molar-refractivity contribution in [3.8, 4) is 0 Å². The summed E-state index contributed by atoms with van der Waals surface area (Å²) >= 11 is 0. The smallest absolute Gasteiger partial charge is 0.417 e. The maximum Gasteiger partial charge on any atom is 0.417 e. The lowest BCUT2D eigenvalue weighted by molar-refractivity contribution is -0.124. The van der Waals surface area contributed by atoms with Crippen molar-refractivity contribution in [2.24, 2.45) is 5.92 Å². The van der Waals surface area contributed by atoms with E-state index in [1.54, 1.807) is 0 Å². The van der Waals surface area contributed by atoms with Crippen molar-refractivity contribution < 1.29 is 19.1 Å². The average molecular weight is 329 g/mol. The van der Waals surface area contributed by atoms with Gasteiger partial charge in [-0.25, -0.2) is 9.69 Å². The predicted octanol–water partition coefficient (Wildman–Crippen LogP) is 3.47. The van der Waals surface area contributed by atoms with Gasteiger partial charge in [0.15, 0.2) is 0 Å². The number of benzene rings is 1. The Morgan fingerprint density at radius 3 is 2.50 bits per heavy atom. The molecule has 0 saturated carbocycles. The average Bonchev–Trinajstić information content (AvgIpc) is 2.94. The van der Waals surface area contributed by atoms with Crippen LogP contribution < -0.4 is 0 Å². The Morgan fingerprint density at radius 2 is 1.83 bits per heavy atom. The first kappa shape index (κ1) is 16.7. The monoisotopic (exact) mass is 329 g/mol. The van der Waals surface area contributed by atoms with Crippen molar-refractivity contribution in [3.05, 3.63) is 48.0 Å². The zero-order chi connectivity index (χ0) is 17.1. The van der Waals surface area contributed by atoms with Gasteiger partial charge in [-0.05, 0) is 44.2 Å². The predicted molar refractivity (Wildman–Crippen MR) is 89.3 cm³/mol. The number of rotatable bonds is 3. The maximum atomic E-state index is 12.6. The Kier molecular flexibility index (Phi) is 5.00. The molecule has 2 aliphatic heterocycles. The van der Waals surface area contributed by atoms with E-state index in [-0.39, 0.29) is 30.8 Å². The summed E-state index contributed by atoms with van der Waals surface area (Å²) in [6, 6.07) is 9.13. The lowest BCUT2D eigenvalue weighted by atomic mass is 9.92. The van der Waals surface area contributed by atoms with Gasteiger partial charge in [-0.15, -0.1) is 0 Å². The van der Waals surface area contributed by atoms with Crippen molar-refractivity contribution in [3.63, 3.8) is 0 Å². The summed E-state index contributed by atoms with van der Waals surface area (Å²) < 4.78 is 10.8. The van der Waals surface area contributed by atoms with Crippen LogP contribution in [0, 0.1) is 5.92 Å². The minimum absolute atomic E-state index is 0.187. The van der Waals surface area contributed by atoms with Gasteiger partial charge in [0.25, 0.3) is 5.91 Å². The molecule has 0 radical (unpaired) electrons. The summed E-state index contributed by atoms with van der Waals surface area (Å²) in [6.45, 7) is 4.29. The van der Waals surface area contributed by atoms with E-state index in [2.05, 4.69) is 0 Å². The first-order valence-electron chi connectivity index (χ1n) is 8.43. The zero-order valence-electron chi connectivity index (χ0n) is 14.1. The molecule has 0 bridgehead atoms. The molecule has 5 heteroatoms. The molecule has 5 nitrogen and oxygen atoms in total. The van der Waals surface area contributed by atoms with Gasteiger partial charge in [0.1, 0.15) is 12.6 Å². The lowest BCUT2D eigenvalue weighted by Crippen LogP contribution is -2.33. The highest BCUT2D eigenvalue weighted by Crippen LogP contribution is 2.29. The molecule has 1 aromatic rings. The fraction of sp³-hybridized carbons (Fsp3) is 0.474. The van der Waals surface area contributed by atoms with Crippen LogP contribution in [-0.4, -0.2) is 35.7 Å². The molecule has 2 aliphatic rings. The fourth-order valence-electron chi connectivity index (χ4n) is 3.50. The van der Waals surface area contributed by atoms with Crippen molar-refractivity contribution in [2.45, 2.75) is 44.9 Å². The van der Waals surface area contributed by atoms with E-state index in [0.29, 0.717) is 5.92 Å². The largest absolute Gasteiger partial charge is 0.446 e. The second-order valence-electron chi connectivity index (χ2n) is 6.56. The van der Waals surface area contributed by atoms with Crippen LogP contribution in [0.1, 0.15) is 38.3 Å². The summed E-state index contributed by atoms with van der Waals surface area (Å²) in [5.41, 5.74) is 0.901. The summed E-state index contributed by atoms with van der Waals surface area (Å²) in [5.74, 6) is -0.0281. The van der Waals surface area contributed by atoms with Crippen LogP contribution >= 0.6 is 0 Å². The van der Waals surface area contributed by atoms with Crippen LogP contribution in [0.25, 0.3) is 0 Å². The standard InChI is InChI=1S/C19H23NO4/c1-13-10-15(11-14(2)24-13)8-9-18(21)20-17(12-23-19(20)22)16-6-4-3-5-7-16/h3-9,13-15,17H,10-12H2,1-2H3. The third kappa shape index (κ3) is 3.67. The molecule has 0 spiro atoms. The Labute approximate surface area is 142 Å². The molecule has 128 valence electrons. The number of nitrogens with zero attached hydrogens (tertiary/aromatic N) is 1. The van der Waals surface area contributed by atoms with Gasteiger partial charge in [0.05, 0.1) is 12.2 Å². The molecule has 2 heterocycles. The van der Waals surface area contributed by atoms with Gasteiger partial charge in [-0.2, -0.15) is 0 Å². The number of amides is 2. The van der Waals surface area contributed by atoms with E-state index in [1.165, 1.54) is 11.0 Å². The van der Waals surface area contributed by atoms with Gasteiger partial charge in [0, 0.05) is 0 Å². The number of hydrogen-bond acceptors (Lipinski definition) is 4. The highest BCUT2D eigenvalue weighted by molar-refractivity contribution is 5.99. The number of carbonyl (C=O) groups is 2. The highest BCUT2D eigenvalue weighted by atomic mass is 16.6. The summed E-state index contributed by atoms with van der Waals surface area (Å²) in [6.07, 6.45) is 5.00. The van der Waals surface area contributed by atoms with E-state index in [9.17, 15) is 9.59 Å². The molecule has 2 fully saturated rings. The van der Waals surface area contributed by atoms with Crippen LogP contribution in [0.15, 0.2) is 42.5 Å². The van der Waals surface area contributed by atoms with E-state index in [4.69, 9.17) is 9.47 Å². The van der Waals surface area contributed by atoms with E-state index in [0.717, 1.165) is 18.4 Å². The number of carbonyl (C=O) groups excluding carboxylic acids is 2. The molecule has 2 amide bonds. The Balaban J connectivity index is 1.70. The SMILES string of the molecule is CC1CC(C=CC(=O)N2C(=O)OCC2c2ccccc2)CC(C)O1. The quantitative estimate of drug-likeness (QED) is 0.797. The molecule has 0 aromatic heterocycles. The summed E-state index contributed by atoms with van der Waals surface area (Å²) in [4.78, 5) is 25.7. The first-order chi connectivity index (χ1) is 11.5. The topological polar surface area (TPSA) is 55.8 Å². The van der Waals surface area contributed by atoms with Crippen molar-refractivity contribution >= 4 is 12.0 Å². The number of cyclic esters (lactones) is 1. The Bertz CT molecular complexity index is 618. The molecule has 0 aliphatic carbocycles. The van der Waals surface area contributed by atoms with Crippen molar-refractivity contribution in [1.29, 1.82) is 0 Å². The lowest BCUT2D eigenvalue weighted by Gasteiger charge is -2.30. The van der Waals surface area contributed by atoms with Crippen molar-refractivity contribution in [2.75, 3.05) is 6.61 Å². The molecule has 3 unspecified atom stereocenters. The van der Waals surface area contributed by atoms with E-state index >= 15 is 0 Å². The van der Waals surface area contributed by atoms with Gasteiger partial charge in [-0.3, -0.25) is 4.79 Å². The molecule has 24 heavy (non-hydrogen) atoms. The molecule has 1 aromatic carbocycles. The Morgan fingerprint density at radius 1 is 1.17 bits per heavy atom. The minimum Gasteiger partial charge on any atom is -0.446 e. The molecule has 3 atom stereocenters. The summed E-state index contributed by atoms with van der Waals surface area (Å²) in [5, 5.41) is 0. The fourth-order valence-corrected chi connectivity index (χ4v) is 3.50. The molecular formula is C19H23NO4. The highest BCUT2D eigenvalue weighted by Gasteiger charge is 2.38. The van der Waals surface area contributed by atoms with Crippen LogP contribution in [0.4, 0.5) is 4.79 Å². The van der Waals surface area contributed by atoms with Crippen LogP contribution in [0.3, 0.4) is 0 Å². The number of allylic oxidation sites excluding steroid dienone is 1. The van der Waals surface area contributed by atoms with Gasteiger partial charge < -0.3 is 9.47 Å². The molecular weight excluding hydrogens is 306 g/mol. The van der Waals surface area contributed by atoms with E-state index in [1.807, 2.05) is 50.3 Å². The maximum absolute atomic E-state index is 12.6. The minimum atomic E-state index is -0.577. The normalized spacial score (nSPS) is 30.6. The zero-order valence-corrected chi connectivity index (χ0v) is 14.1. The van der Waals surface area contributed by atoms with Gasteiger partial charge in [0.2, 0.25) is 0 Å². The Hall–Kier alpha value is -2.14. The molecule has 0 N–H and O–H groups in total. The van der Waals surface area contributed by atoms with Gasteiger partial charge >= 0.3 is 6.09 Å². The first-order valence-corrected chi connectivity index (χ1v) is 8.43. The third-order valence-electron chi connectivity index (χ3n) is 4.54. The van der Waals surface area contributed by atoms with Crippen LogP contribution in [0.5, 0.6) is 0 Å². The summed E-state index contributed by atoms with van der Waals surface area (Å²) in [7, 11) is 0. The number of imide groups is 1. The third-order valence-corrected chi connectivity index (χ3v) is 4.54. The van der Waals surface area contributed by atoms with Crippen LogP contribution in [0.2, 0.25) is 0 Å². The van der Waals surface area contributed by atoms with E-state index < -0.39 is 6.09 Å². The second-order valence-corrected chi connectivity index (χ2v) is 6.56. The number of ether oxygens (including phenoxy) is 2. The molecule has 2 saturated heterocycles.